The minimum Gasteiger partial charge on any atom is -0.484 e. The molecule has 0 fully saturated rings. The van der Waals surface area contributed by atoms with Gasteiger partial charge in [-0.25, -0.2) is 4.79 Å². The minimum atomic E-state index is -0.555. The predicted octanol–water partition coefficient (Wildman–Crippen LogP) is 2.32. The topological polar surface area (TPSA) is 107 Å². The predicted molar refractivity (Wildman–Crippen MR) is 110 cm³/mol. The van der Waals surface area contributed by atoms with Crippen LogP contribution in [0.2, 0.25) is 0 Å². The summed E-state index contributed by atoms with van der Waals surface area (Å²) in [5.74, 6) is -0.105. The van der Waals surface area contributed by atoms with Crippen LogP contribution < -0.4 is 26.0 Å². The summed E-state index contributed by atoms with van der Waals surface area (Å²) in [4.78, 5) is 35.2. The summed E-state index contributed by atoms with van der Waals surface area (Å²) in [5.41, 5.74) is 7.23. The second-order valence-electron chi connectivity index (χ2n) is 6.85. The van der Waals surface area contributed by atoms with Gasteiger partial charge in [-0.1, -0.05) is 17.7 Å². The fourth-order valence-electron chi connectivity index (χ4n) is 2.86. The highest BCUT2D eigenvalue weighted by molar-refractivity contribution is 5.84. The molecule has 0 aliphatic heterocycles. The zero-order valence-electron chi connectivity index (χ0n) is 16.9. The Morgan fingerprint density at radius 3 is 2.27 bits per heavy atom. The molecule has 0 saturated carbocycles. The number of nitrogens with one attached hydrogen (secondary N) is 2. The molecule has 1 heterocycles. The first kappa shape index (κ1) is 20.9. The van der Waals surface area contributed by atoms with Crippen LogP contribution in [0.4, 0.5) is 0 Å². The minimum absolute atomic E-state index is 0.242. The third kappa shape index (κ3) is 5.38. The van der Waals surface area contributed by atoms with Crippen molar-refractivity contribution in [3.05, 3.63) is 69.6 Å². The van der Waals surface area contributed by atoms with Gasteiger partial charge in [0.25, 0.3) is 11.8 Å². The van der Waals surface area contributed by atoms with E-state index in [1.807, 2.05) is 26.0 Å². The van der Waals surface area contributed by atoms with Crippen LogP contribution in [0.5, 0.6) is 11.5 Å². The van der Waals surface area contributed by atoms with Gasteiger partial charge in [0.1, 0.15) is 17.1 Å². The molecule has 0 aliphatic rings. The molecule has 0 radical (unpaired) electrons. The van der Waals surface area contributed by atoms with Gasteiger partial charge in [-0.05, 0) is 50.1 Å². The maximum Gasteiger partial charge on any atom is 0.336 e. The highest BCUT2D eigenvalue weighted by Gasteiger charge is 2.09. The molecular weight excluding hydrogens is 388 g/mol. The van der Waals surface area contributed by atoms with Crippen molar-refractivity contribution in [3.63, 3.8) is 0 Å². The lowest BCUT2D eigenvalue weighted by molar-refractivity contribution is -0.131. The van der Waals surface area contributed by atoms with Crippen molar-refractivity contribution in [3.8, 4) is 11.5 Å². The average Bonchev–Trinajstić information content (AvgIpc) is 2.69. The maximum atomic E-state index is 11.9. The second-order valence-corrected chi connectivity index (χ2v) is 6.85. The Morgan fingerprint density at radius 1 is 0.867 bits per heavy atom. The molecule has 0 atom stereocenters. The van der Waals surface area contributed by atoms with Crippen LogP contribution in [0.25, 0.3) is 11.0 Å². The molecule has 3 aromatic rings. The first-order valence-corrected chi connectivity index (χ1v) is 9.27. The summed E-state index contributed by atoms with van der Waals surface area (Å²) < 4.78 is 16.0. The van der Waals surface area contributed by atoms with Crippen molar-refractivity contribution in [2.45, 2.75) is 20.8 Å². The molecule has 156 valence electrons. The fraction of sp³-hybridized carbons (Fsp3) is 0.227. The third-order valence-electron chi connectivity index (χ3n) is 4.32. The first-order chi connectivity index (χ1) is 14.3. The van der Waals surface area contributed by atoms with E-state index >= 15 is 0 Å². The number of carbonyl (C=O) groups excluding carboxylic acids is 2. The van der Waals surface area contributed by atoms with Crippen molar-refractivity contribution in [2.24, 2.45) is 0 Å². The first-order valence-electron chi connectivity index (χ1n) is 9.27. The Balaban J connectivity index is 1.46. The molecule has 8 nitrogen and oxygen atoms in total. The lowest BCUT2D eigenvalue weighted by Crippen LogP contribution is -2.45. The lowest BCUT2D eigenvalue weighted by Gasteiger charge is -2.11. The number of ether oxygens (including phenoxy) is 2. The summed E-state index contributed by atoms with van der Waals surface area (Å²) in [6, 6.07) is 12.0. The van der Waals surface area contributed by atoms with Crippen molar-refractivity contribution in [1.82, 2.24) is 10.9 Å². The number of rotatable bonds is 6. The van der Waals surface area contributed by atoms with E-state index in [2.05, 4.69) is 10.9 Å². The number of fused-ring (bicyclic) bond motifs is 1. The summed E-state index contributed by atoms with van der Waals surface area (Å²) in [7, 11) is 0. The monoisotopic (exact) mass is 410 g/mol. The number of benzene rings is 2. The number of carbonyl (C=O) groups is 2. The Hall–Kier alpha value is -3.81. The summed E-state index contributed by atoms with van der Waals surface area (Å²) in [6.45, 7) is 5.09. The van der Waals surface area contributed by atoms with Crippen molar-refractivity contribution < 1.29 is 23.5 Å². The Kier molecular flexibility index (Phi) is 6.36. The van der Waals surface area contributed by atoms with Crippen LogP contribution in [0, 0.1) is 20.8 Å². The number of aryl methyl sites for hydroxylation is 3. The van der Waals surface area contributed by atoms with Gasteiger partial charge in [-0.2, -0.15) is 0 Å². The SMILES string of the molecule is Cc1ccc(OCC(=O)NNC(=O)COc2ccc3c(C)cc(=O)oc3c2)c(C)c1. The zero-order chi connectivity index (χ0) is 21.7. The van der Waals surface area contributed by atoms with Crippen molar-refractivity contribution in [2.75, 3.05) is 13.2 Å². The Labute approximate surface area is 172 Å². The quantitative estimate of drug-likeness (QED) is 0.477. The van der Waals surface area contributed by atoms with Gasteiger partial charge in [0.05, 0.1) is 0 Å². The number of hydrazine groups is 1. The molecule has 2 aromatic carbocycles. The number of amides is 2. The van der Waals surface area contributed by atoms with Crippen molar-refractivity contribution >= 4 is 22.8 Å². The van der Waals surface area contributed by atoms with Crippen LogP contribution in [-0.4, -0.2) is 25.0 Å². The van der Waals surface area contributed by atoms with Crippen LogP contribution in [-0.2, 0) is 9.59 Å². The van der Waals surface area contributed by atoms with E-state index in [0.29, 0.717) is 17.1 Å². The molecule has 0 spiro atoms. The molecule has 0 unspecified atom stereocenters. The van der Waals surface area contributed by atoms with Gasteiger partial charge in [0.2, 0.25) is 0 Å². The van der Waals surface area contributed by atoms with Gasteiger partial charge >= 0.3 is 5.63 Å². The third-order valence-corrected chi connectivity index (χ3v) is 4.32. The van der Waals surface area contributed by atoms with E-state index < -0.39 is 17.4 Å². The van der Waals surface area contributed by atoms with E-state index in [4.69, 9.17) is 13.9 Å². The lowest BCUT2D eigenvalue weighted by atomic mass is 10.1. The zero-order valence-corrected chi connectivity index (χ0v) is 16.9. The van der Waals surface area contributed by atoms with Crippen molar-refractivity contribution in [1.29, 1.82) is 0 Å². The molecule has 2 amide bonds. The van der Waals surface area contributed by atoms with E-state index in [1.54, 1.807) is 25.1 Å². The van der Waals surface area contributed by atoms with E-state index in [1.165, 1.54) is 12.1 Å². The van der Waals surface area contributed by atoms with Gasteiger partial charge in [0, 0.05) is 17.5 Å². The van der Waals surface area contributed by atoms with E-state index in [0.717, 1.165) is 22.1 Å². The van der Waals surface area contributed by atoms with E-state index in [9.17, 15) is 14.4 Å². The van der Waals surface area contributed by atoms with Gasteiger partial charge < -0.3 is 13.9 Å². The Morgan fingerprint density at radius 2 is 1.57 bits per heavy atom. The maximum absolute atomic E-state index is 11.9. The van der Waals surface area contributed by atoms with Crippen LogP contribution in [0.1, 0.15) is 16.7 Å². The second kappa shape index (κ2) is 9.13. The Bertz CT molecular complexity index is 1150. The smallest absolute Gasteiger partial charge is 0.336 e. The molecule has 0 bridgehead atoms. The standard InChI is InChI=1S/C22H22N2O6/c1-13-4-7-18(15(3)8-13)29-12-21(26)24-23-20(25)11-28-16-5-6-17-14(2)9-22(27)30-19(17)10-16/h4-10H,11-12H2,1-3H3,(H,23,25)(H,24,26). The van der Waals surface area contributed by atoms with Crippen LogP contribution >= 0.6 is 0 Å². The van der Waals surface area contributed by atoms with Gasteiger partial charge in [-0.15, -0.1) is 0 Å². The van der Waals surface area contributed by atoms with Crippen LogP contribution in [0.3, 0.4) is 0 Å². The summed E-state index contributed by atoms with van der Waals surface area (Å²) in [6.07, 6.45) is 0. The van der Waals surface area contributed by atoms with Gasteiger partial charge in [-0.3, -0.25) is 20.4 Å². The average molecular weight is 410 g/mol. The highest BCUT2D eigenvalue weighted by atomic mass is 16.5. The molecule has 0 saturated heterocycles. The molecule has 8 heteroatoms. The summed E-state index contributed by atoms with van der Waals surface area (Å²) >= 11 is 0. The van der Waals surface area contributed by atoms with E-state index in [-0.39, 0.29) is 13.2 Å². The van der Waals surface area contributed by atoms with Crippen LogP contribution in [0.15, 0.2) is 51.7 Å². The fourth-order valence-corrected chi connectivity index (χ4v) is 2.86. The largest absolute Gasteiger partial charge is 0.484 e. The summed E-state index contributed by atoms with van der Waals surface area (Å²) in [5, 5.41) is 0.780. The van der Waals surface area contributed by atoms with Gasteiger partial charge in [0.15, 0.2) is 13.2 Å². The number of hydrogen-bond donors (Lipinski definition) is 2. The molecule has 0 aliphatic carbocycles. The molecule has 2 N–H and O–H groups in total. The highest BCUT2D eigenvalue weighted by Crippen LogP contribution is 2.22. The molecule has 1 aromatic heterocycles. The molecular formula is C22H22N2O6. The molecule has 3 rings (SSSR count). The molecule has 30 heavy (non-hydrogen) atoms. The normalized spacial score (nSPS) is 10.5. The number of hydrogen-bond acceptors (Lipinski definition) is 6.